The van der Waals surface area contributed by atoms with Gasteiger partial charge in [0.05, 0.1) is 0 Å². The number of halogens is 3. The summed E-state index contributed by atoms with van der Waals surface area (Å²) in [5.74, 6) is 0. The fourth-order valence-electron chi connectivity index (χ4n) is 0.772. The average Bonchev–Trinajstić information content (AvgIpc) is 1.95. The van der Waals surface area contributed by atoms with E-state index >= 15 is 0 Å². The molecule has 0 aliphatic carbocycles. The summed E-state index contributed by atoms with van der Waals surface area (Å²) in [5, 5.41) is 3.21. The summed E-state index contributed by atoms with van der Waals surface area (Å²) < 4.78 is 1.12. The summed E-state index contributed by atoms with van der Waals surface area (Å²) in [6.07, 6.45) is 0. The average molecular weight is 273 g/mol. The number of hydrogen-bond donors (Lipinski definition) is 1. The Kier molecular flexibility index (Phi) is 9.38. The molecule has 0 fully saturated rings. The van der Waals surface area contributed by atoms with Crippen molar-refractivity contribution in [2.24, 2.45) is 0 Å². The van der Waals surface area contributed by atoms with Gasteiger partial charge in [0.1, 0.15) is 0 Å². The summed E-state index contributed by atoms with van der Waals surface area (Å²) in [6, 6.07) is 8.15. The second-order valence-electron chi connectivity index (χ2n) is 2.04. The van der Waals surface area contributed by atoms with Crippen molar-refractivity contribution >= 4 is 46.4 Å². The largest absolute Gasteiger partial charge is 0.385 e. The summed E-state index contributed by atoms with van der Waals surface area (Å²) in [5.41, 5.74) is 1.17. The first-order valence-electron chi connectivity index (χ1n) is 3.32. The van der Waals surface area contributed by atoms with E-state index in [4.69, 9.17) is 0 Å². The molecular formula is C8H12BrCl2N. The van der Waals surface area contributed by atoms with E-state index in [0.717, 1.165) is 11.0 Å². The van der Waals surface area contributed by atoms with Crippen molar-refractivity contribution < 1.29 is 0 Å². The van der Waals surface area contributed by atoms with Crippen LogP contribution in [0.2, 0.25) is 0 Å². The molecule has 0 saturated carbocycles. The van der Waals surface area contributed by atoms with Crippen molar-refractivity contribution in [3.8, 4) is 0 Å². The van der Waals surface area contributed by atoms with Crippen molar-refractivity contribution in [3.63, 3.8) is 0 Å². The van der Waals surface area contributed by atoms with E-state index < -0.39 is 0 Å². The molecule has 1 aromatic rings. The van der Waals surface area contributed by atoms with E-state index in [1.165, 1.54) is 5.69 Å². The van der Waals surface area contributed by atoms with Gasteiger partial charge in [-0.05, 0) is 31.2 Å². The van der Waals surface area contributed by atoms with Crippen LogP contribution in [0.4, 0.5) is 5.69 Å². The zero-order chi connectivity index (χ0) is 7.40. The van der Waals surface area contributed by atoms with Gasteiger partial charge in [0.2, 0.25) is 0 Å². The lowest BCUT2D eigenvalue weighted by Crippen LogP contribution is -1.94. The molecule has 0 radical (unpaired) electrons. The second kappa shape index (κ2) is 7.71. The normalized spacial score (nSPS) is 7.83. The maximum atomic E-state index is 3.37. The van der Waals surface area contributed by atoms with Crippen LogP contribution in [0.3, 0.4) is 0 Å². The van der Waals surface area contributed by atoms with Crippen molar-refractivity contribution in [3.05, 3.63) is 28.7 Å². The SMILES string of the molecule is CCNc1ccc(Br)cc1.Cl.Cl. The molecule has 0 aliphatic rings. The van der Waals surface area contributed by atoms with Crippen LogP contribution in [-0.2, 0) is 0 Å². The number of hydrogen-bond acceptors (Lipinski definition) is 1. The molecule has 0 aliphatic heterocycles. The van der Waals surface area contributed by atoms with Gasteiger partial charge in [0.25, 0.3) is 0 Å². The van der Waals surface area contributed by atoms with E-state index in [2.05, 4.69) is 28.2 Å². The number of anilines is 1. The molecule has 4 heteroatoms. The monoisotopic (exact) mass is 271 g/mol. The van der Waals surface area contributed by atoms with E-state index in [9.17, 15) is 0 Å². The van der Waals surface area contributed by atoms with Crippen LogP contribution in [0.5, 0.6) is 0 Å². The zero-order valence-electron chi connectivity index (χ0n) is 6.71. The van der Waals surface area contributed by atoms with Gasteiger partial charge in [-0.3, -0.25) is 0 Å². The standard InChI is InChI=1S/C8H10BrN.2ClH/c1-2-10-8-5-3-7(9)4-6-8;;/h3-6,10H,2H2,1H3;2*1H. The lowest BCUT2D eigenvalue weighted by molar-refractivity contribution is 1.21. The van der Waals surface area contributed by atoms with Crippen molar-refractivity contribution in [2.45, 2.75) is 6.92 Å². The van der Waals surface area contributed by atoms with Crippen LogP contribution in [0.25, 0.3) is 0 Å². The Bertz CT molecular complexity index is 201. The molecule has 1 N–H and O–H groups in total. The molecule has 1 aromatic carbocycles. The molecule has 0 aromatic heterocycles. The van der Waals surface area contributed by atoms with Crippen LogP contribution in [0.15, 0.2) is 28.7 Å². The van der Waals surface area contributed by atoms with E-state index in [1.54, 1.807) is 0 Å². The second-order valence-corrected chi connectivity index (χ2v) is 2.95. The first kappa shape index (κ1) is 14.6. The summed E-state index contributed by atoms with van der Waals surface area (Å²) in [4.78, 5) is 0. The molecular weight excluding hydrogens is 261 g/mol. The Balaban J connectivity index is 0. The van der Waals surface area contributed by atoms with E-state index in [1.807, 2.05) is 24.3 Å². The predicted octanol–water partition coefficient (Wildman–Crippen LogP) is 3.72. The third-order valence-electron chi connectivity index (χ3n) is 1.23. The predicted molar refractivity (Wildman–Crippen MR) is 62.8 cm³/mol. The third-order valence-corrected chi connectivity index (χ3v) is 1.75. The first-order chi connectivity index (χ1) is 4.83. The minimum Gasteiger partial charge on any atom is -0.385 e. The van der Waals surface area contributed by atoms with Gasteiger partial charge in [-0.2, -0.15) is 0 Å². The molecule has 70 valence electrons. The Morgan fingerprint density at radius 2 is 1.67 bits per heavy atom. The highest BCUT2D eigenvalue weighted by atomic mass is 79.9. The lowest BCUT2D eigenvalue weighted by Gasteiger charge is -2.00. The van der Waals surface area contributed by atoms with Crippen molar-refractivity contribution in [1.29, 1.82) is 0 Å². The molecule has 12 heavy (non-hydrogen) atoms. The summed E-state index contributed by atoms with van der Waals surface area (Å²) >= 11 is 3.37. The zero-order valence-corrected chi connectivity index (χ0v) is 9.93. The first-order valence-corrected chi connectivity index (χ1v) is 4.11. The van der Waals surface area contributed by atoms with Crippen LogP contribution in [0.1, 0.15) is 6.92 Å². The molecule has 0 saturated heterocycles. The van der Waals surface area contributed by atoms with Crippen LogP contribution >= 0.6 is 40.7 Å². The van der Waals surface area contributed by atoms with Gasteiger partial charge in [-0.15, -0.1) is 24.8 Å². The molecule has 0 atom stereocenters. The van der Waals surface area contributed by atoms with E-state index in [-0.39, 0.29) is 24.8 Å². The topological polar surface area (TPSA) is 12.0 Å². The summed E-state index contributed by atoms with van der Waals surface area (Å²) in [6.45, 7) is 3.06. The maximum Gasteiger partial charge on any atom is 0.0340 e. The van der Waals surface area contributed by atoms with Crippen LogP contribution in [0, 0.1) is 0 Å². The van der Waals surface area contributed by atoms with Gasteiger partial charge in [0.15, 0.2) is 0 Å². The van der Waals surface area contributed by atoms with Gasteiger partial charge < -0.3 is 5.32 Å². The third kappa shape index (κ3) is 4.86. The lowest BCUT2D eigenvalue weighted by atomic mass is 10.3. The highest BCUT2D eigenvalue weighted by Crippen LogP contribution is 2.13. The molecule has 0 bridgehead atoms. The Hall–Kier alpha value is 0.0800. The minimum absolute atomic E-state index is 0. The van der Waals surface area contributed by atoms with Crippen molar-refractivity contribution in [1.82, 2.24) is 0 Å². The highest BCUT2D eigenvalue weighted by Gasteiger charge is 1.87. The van der Waals surface area contributed by atoms with Crippen LogP contribution in [-0.4, -0.2) is 6.54 Å². The van der Waals surface area contributed by atoms with Gasteiger partial charge in [-0.25, -0.2) is 0 Å². The Labute approximate surface area is 93.9 Å². The Morgan fingerprint density at radius 1 is 1.17 bits per heavy atom. The highest BCUT2D eigenvalue weighted by molar-refractivity contribution is 9.10. The molecule has 1 rings (SSSR count). The Morgan fingerprint density at radius 3 is 2.08 bits per heavy atom. The van der Waals surface area contributed by atoms with Gasteiger partial charge >= 0.3 is 0 Å². The number of rotatable bonds is 2. The van der Waals surface area contributed by atoms with Crippen LogP contribution < -0.4 is 5.32 Å². The number of nitrogens with one attached hydrogen (secondary N) is 1. The van der Waals surface area contributed by atoms with Crippen molar-refractivity contribution in [2.75, 3.05) is 11.9 Å². The van der Waals surface area contributed by atoms with E-state index in [0.29, 0.717) is 0 Å². The fourth-order valence-corrected chi connectivity index (χ4v) is 1.04. The molecule has 0 amide bonds. The van der Waals surface area contributed by atoms with Gasteiger partial charge in [0, 0.05) is 16.7 Å². The fraction of sp³-hybridized carbons (Fsp3) is 0.250. The maximum absolute atomic E-state index is 3.37. The quantitative estimate of drug-likeness (QED) is 0.865. The van der Waals surface area contributed by atoms with Gasteiger partial charge in [-0.1, -0.05) is 15.9 Å². The molecule has 0 heterocycles. The smallest absolute Gasteiger partial charge is 0.0340 e. The minimum atomic E-state index is 0. The summed E-state index contributed by atoms with van der Waals surface area (Å²) in [7, 11) is 0. The molecule has 1 nitrogen and oxygen atoms in total. The number of benzene rings is 1. The molecule has 0 spiro atoms. The molecule has 0 unspecified atom stereocenters.